The Balaban J connectivity index is 1.81. The molecule has 3 unspecified atom stereocenters. The van der Waals surface area contributed by atoms with E-state index < -0.39 is 65.3 Å². The van der Waals surface area contributed by atoms with Crippen LogP contribution in [0.25, 0.3) is 10.4 Å². The number of H-pyrrole nitrogens is 1. The highest BCUT2D eigenvalue weighted by Crippen LogP contribution is 2.66. The molecule has 2 saturated heterocycles. The molecule has 178 valence electrons. The Morgan fingerprint density at radius 2 is 1.94 bits per heavy atom. The number of azide groups is 1. The van der Waals surface area contributed by atoms with Gasteiger partial charge in [-0.2, -0.15) is 8.62 Å². The molecule has 32 heavy (non-hydrogen) atoms. The van der Waals surface area contributed by atoms with E-state index in [1.807, 2.05) is 4.98 Å². The molecule has 22 heteroatoms. The van der Waals surface area contributed by atoms with Crippen LogP contribution in [-0.2, 0) is 36.3 Å². The Kier molecular flexibility index (Phi) is 6.70. The SMILES string of the molecule is [N-]=[N+]=NC1[C@H]2OC[C@]1(COP(=O)(O)OP(=O)(O)OP(=O)(O)O)O[C@H]2n1ccc(=O)[nH]c1=O. The summed E-state index contributed by atoms with van der Waals surface area (Å²) >= 11 is 0. The molecule has 2 aliphatic rings. The number of nitrogens with zero attached hydrogens (tertiary/aromatic N) is 4. The smallest absolute Gasteiger partial charge is 0.370 e. The predicted molar refractivity (Wildman–Crippen MR) is 96.7 cm³/mol. The fourth-order valence-electron chi connectivity index (χ4n) is 3.09. The number of phosphoric acid groups is 3. The van der Waals surface area contributed by atoms with Crippen LogP contribution in [0.2, 0.25) is 0 Å². The fourth-order valence-corrected chi connectivity index (χ4v) is 6.16. The van der Waals surface area contributed by atoms with Crippen molar-refractivity contribution in [2.24, 2.45) is 5.11 Å². The number of aromatic amines is 1. The average Bonchev–Trinajstić information content (AvgIpc) is 3.10. The molecule has 2 bridgehead atoms. The molecule has 3 heterocycles. The molecule has 3 rings (SSSR count). The number of aromatic nitrogens is 2. The molecule has 0 saturated carbocycles. The number of rotatable bonds is 9. The molecule has 5 N–H and O–H groups in total. The first kappa shape index (κ1) is 25.0. The first-order chi connectivity index (χ1) is 14.7. The Morgan fingerprint density at radius 3 is 2.53 bits per heavy atom. The van der Waals surface area contributed by atoms with Crippen LogP contribution in [0.1, 0.15) is 6.23 Å². The summed E-state index contributed by atoms with van der Waals surface area (Å²) in [4.78, 5) is 63.9. The first-order valence-electron chi connectivity index (χ1n) is 8.10. The lowest BCUT2D eigenvalue weighted by Crippen LogP contribution is -2.45. The zero-order valence-corrected chi connectivity index (χ0v) is 18.0. The van der Waals surface area contributed by atoms with Gasteiger partial charge in [0.25, 0.3) is 5.56 Å². The monoisotopic (exact) mass is 521 g/mol. The summed E-state index contributed by atoms with van der Waals surface area (Å²) in [6.07, 6.45) is -1.30. The number of ether oxygens (including phenoxy) is 2. The van der Waals surface area contributed by atoms with Gasteiger partial charge in [0.1, 0.15) is 17.7 Å². The minimum absolute atomic E-state index is 0.383. The second-order valence-corrected chi connectivity index (χ2v) is 10.8. The summed E-state index contributed by atoms with van der Waals surface area (Å²) in [5.41, 5.74) is 5.45. The van der Waals surface area contributed by atoms with E-state index in [4.69, 9.17) is 24.8 Å². The van der Waals surface area contributed by atoms with Crippen LogP contribution in [0.4, 0.5) is 0 Å². The van der Waals surface area contributed by atoms with Gasteiger partial charge >= 0.3 is 29.2 Å². The highest BCUT2D eigenvalue weighted by Gasteiger charge is 2.63. The van der Waals surface area contributed by atoms with Crippen molar-refractivity contribution in [3.05, 3.63) is 43.5 Å². The van der Waals surface area contributed by atoms with Crippen LogP contribution in [0.3, 0.4) is 0 Å². The van der Waals surface area contributed by atoms with Crippen molar-refractivity contribution < 1.29 is 55.9 Å². The maximum Gasteiger partial charge on any atom is 0.490 e. The molecule has 6 atom stereocenters. The van der Waals surface area contributed by atoms with Crippen LogP contribution < -0.4 is 11.2 Å². The molecule has 2 aliphatic heterocycles. The van der Waals surface area contributed by atoms with E-state index in [1.165, 1.54) is 0 Å². The Labute approximate surface area is 175 Å². The van der Waals surface area contributed by atoms with Gasteiger partial charge in [0.15, 0.2) is 6.23 Å². The van der Waals surface area contributed by atoms with Crippen molar-refractivity contribution in [2.45, 2.75) is 24.0 Å². The number of fused-ring (bicyclic) bond motifs is 2. The van der Waals surface area contributed by atoms with Crippen LogP contribution in [0.15, 0.2) is 27.0 Å². The maximum atomic E-state index is 12.1. The molecule has 0 aliphatic carbocycles. The summed E-state index contributed by atoms with van der Waals surface area (Å²) in [6, 6.07) is -0.235. The van der Waals surface area contributed by atoms with Crippen molar-refractivity contribution >= 4 is 23.5 Å². The van der Waals surface area contributed by atoms with Gasteiger partial charge in [-0.1, -0.05) is 5.11 Å². The van der Waals surface area contributed by atoms with Crippen molar-refractivity contribution in [2.75, 3.05) is 13.2 Å². The molecule has 19 nitrogen and oxygen atoms in total. The summed E-state index contributed by atoms with van der Waals surface area (Å²) < 4.78 is 57.9. The van der Waals surface area contributed by atoms with E-state index in [2.05, 4.69) is 23.2 Å². The van der Waals surface area contributed by atoms with Gasteiger partial charge in [-0.3, -0.25) is 18.9 Å². The van der Waals surface area contributed by atoms with Gasteiger partial charge in [0.2, 0.25) is 0 Å². The van der Waals surface area contributed by atoms with E-state index in [0.717, 1.165) is 16.8 Å². The number of phosphoric ester groups is 1. The van der Waals surface area contributed by atoms with Crippen LogP contribution >= 0.6 is 23.5 Å². The summed E-state index contributed by atoms with van der Waals surface area (Å²) in [6.45, 7) is -1.35. The van der Waals surface area contributed by atoms with E-state index in [9.17, 15) is 33.1 Å². The molecule has 1 aromatic rings. The minimum Gasteiger partial charge on any atom is -0.370 e. The Morgan fingerprint density at radius 1 is 1.25 bits per heavy atom. The van der Waals surface area contributed by atoms with Gasteiger partial charge in [0, 0.05) is 17.2 Å². The molecule has 2 fully saturated rings. The van der Waals surface area contributed by atoms with Gasteiger partial charge < -0.3 is 29.0 Å². The topological polar surface area (TPSA) is 282 Å². The molecule has 0 radical (unpaired) electrons. The van der Waals surface area contributed by atoms with Crippen LogP contribution in [-0.4, -0.2) is 60.1 Å². The van der Waals surface area contributed by atoms with Crippen molar-refractivity contribution in [1.82, 2.24) is 9.55 Å². The van der Waals surface area contributed by atoms with Gasteiger partial charge in [-0.25, -0.2) is 18.5 Å². The molecular weight excluding hydrogens is 507 g/mol. The van der Waals surface area contributed by atoms with Gasteiger partial charge in [0.05, 0.1) is 13.2 Å². The third-order valence-electron chi connectivity index (χ3n) is 4.20. The van der Waals surface area contributed by atoms with Gasteiger partial charge in [-0.15, -0.1) is 0 Å². The molecule has 0 spiro atoms. The number of hydrogen-bond acceptors (Lipinski definition) is 11. The highest BCUT2D eigenvalue weighted by atomic mass is 31.3. The molecule has 0 amide bonds. The van der Waals surface area contributed by atoms with E-state index in [-0.39, 0.29) is 6.61 Å². The summed E-state index contributed by atoms with van der Waals surface area (Å²) in [5.74, 6) is 0. The standard InChI is InChI=1S/C10H14N5O14P3/c11-14-13-7-6-8(15-2-1-5(16)12-9(15)17)27-10(7,3-25-6)4-26-31(21,22)29-32(23,24)28-30(18,19)20/h1-2,6-8H,3-4H2,(H,21,22)(H,23,24)(H,12,16,17)(H2,18,19,20)/t6-,7?,8-,10-/m1/s1. The highest BCUT2D eigenvalue weighted by molar-refractivity contribution is 7.66. The third-order valence-corrected chi connectivity index (χ3v) is 7.98. The first-order valence-corrected chi connectivity index (χ1v) is 12.6. The molecule has 1 aromatic heterocycles. The third kappa shape index (κ3) is 5.44. The minimum atomic E-state index is -5.75. The van der Waals surface area contributed by atoms with E-state index >= 15 is 0 Å². The molecule has 0 aromatic carbocycles. The molecular formula is C10H14N5O14P3. The number of hydrogen-bond donors (Lipinski definition) is 5. The quantitative estimate of drug-likeness (QED) is 0.115. The largest absolute Gasteiger partial charge is 0.490 e. The normalized spacial score (nSPS) is 30.9. The van der Waals surface area contributed by atoms with Crippen molar-refractivity contribution in [3.63, 3.8) is 0 Å². The van der Waals surface area contributed by atoms with Crippen LogP contribution in [0.5, 0.6) is 0 Å². The lowest BCUT2D eigenvalue weighted by molar-refractivity contribution is -0.183. The zero-order valence-electron chi connectivity index (χ0n) is 15.3. The lowest BCUT2D eigenvalue weighted by Gasteiger charge is -2.31. The predicted octanol–water partition coefficient (Wildman–Crippen LogP) is -0.775. The average molecular weight is 521 g/mol. The van der Waals surface area contributed by atoms with E-state index in [0.29, 0.717) is 0 Å². The zero-order chi connectivity index (χ0) is 23.9. The fraction of sp³-hybridized carbons (Fsp3) is 0.600. The summed E-state index contributed by atoms with van der Waals surface area (Å²) in [7, 11) is -16.8. The summed E-state index contributed by atoms with van der Waals surface area (Å²) in [5, 5.41) is 3.49. The van der Waals surface area contributed by atoms with Crippen LogP contribution in [0, 0.1) is 0 Å². The van der Waals surface area contributed by atoms with E-state index in [1.54, 1.807) is 0 Å². The second kappa shape index (κ2) is 8.59. The van der Waals surface area contributed by atoms with Crippen molar-refractivity contribution in [1.29, 1.82) is 0 Å². The van der Waals surface area contributed by atoms with Crippen molar-refractivity contribution in [3.8, 4) is 0 Å². The lowest BCUT2D eigenvalue weighted by atomic mass is 9.98. The Bertz CT molecular complexity index is 1200. The van der Waals surface area contributed by atoms with Gasteiger partial charge in [-0.05, 0) is 5.53 Å². The maximum absolute atomic E-state index is 12.1. The Hall–Kier alpha value is -1.68. The second-order valence-electron chi connectivity index (χ2n) is 6.38. The number of nitrogens with one attached hydrogen (secondary N) is 1.